The van der Waals surface area contributed by atoms with E-state index in [1.807, 2.05) is 0 Å². The predicted octanol–water partition coefficient (Wildman–Crippen LogP) is 1.69. The van der Waals surface area contributed by atoms with E-state index >= 15 is 0 Å². The largest absolute Gasteiger partial charge is 0.383 e. The third-order valence-electron chi connectivity index (χ3n) is 2.93. The molecule has 3 nitrogen and oxygen atoms in total. The first-order chi connectivity index (χ1) is 6.88. The molecule has 80 valence electrons. The molecule has 0 spiro atoms. The summed E-state index contributed by atoms with van der Waals surface area (Å²) >= 11 is 0. The molecule has 0 heterocycles. The zero-order valence-corrected chi connectivity index (χ0v) is 8.96. The van der Waals surface area contributed by atoms with Gasteiger partial charge in [0, 0.05) is 13.7 Å². The van der Waals surface area contributed by atoms with Crippen LogP contribution in [0.25, 0.3) is 0 Å². The van der Waals surface area contributed by atoms with Crippen molar-refractivity contribution in [2.45, 2.75) is 38.1 Å². The number of rotatable bonds is 5. The lowest BCUT2D eigenvalue weighted by molar-refractivity contribution is 0.191. The van der Waals surface area contributed by atoms with Gasteiger partial charge in [-0.2, -0.15) is 5.26 Å². The van der Waals surface area contributed by atoms with E-state index in [-0.39, 0.29) is 6.04 Å². The van der Waals surface area contributed by atoms with Crippen LogP contribution in [0.4, 0.5) is 0 Å². The van der Waals surface area contributed by atoms with Crippen molar-refractivity contribution in [1.82, 2.24) is 5.32 Å². The van der Waals surface area contributed by atoms with Crippen LogP contribution in [-0.4, -0.2) is 26.3 Å². The summed E-state index contributed by atoms with van der Waals surface area (Å²) in [5, 5.41) is 12.3. The third kappa shape index (κ3) is 3.65. The molecule has 0 amide bonds. The lowest BCUT2D eigenvalue weighted by Gasteiger charge is -2.26. The molecular formula is C11H20N2O. The zero-order chi connectivity index (χ0) is 10.2. The van der Waals surface area contributed by atoms with Crippen LogP contribution in [-0.2, 0) is 4.74 Å². The second-order valence-electron chi connectivity index (χ2n) is 3.95. The second kappa shape index (κ2) is 6.80. The van der Waals surface area contributed by atoms with Crippen molar-refractivity contribution in [3.63, 3.8) is 0 Å². The number of methoxy groups -OCH3 is 1. The first kappa shape index (κ1) is 11.5. The second-order valence-corrected chi connectivity index (χ2v) is 3.95. The van der Waals surface area contributed by atoms with Gasteiger partial charge in [-0.05, 0) is 18.8 Å². The Bertz CT molecular complexity index is 182. The molecule has 1 unspecified atom stereocenters. The van der Waals surface area contributed by atoms with Crippen LogP contribution in [0.2, 0.25) is 0 Å². The molecule has 0 bridgehead atoms. The summed E-state index contributed by atoms with van der Waals surface area (Å²) in [6.07, 6.45) is 6.33. The molecule has 0 aromatic rings. The molecule has 14 heavy (non-hydrogen) atoms. The molecule has 0 saturated heterocycles. The van der Waals surface area contributed by atoms with Crippen molar-refractivity contribution in [3.05, 3.63) is 0 Å². The fourth-order valence-corrected chi connectivity index (χ4v) is 2.10. The molecule has 1 saturated carbocycles. The minimum Gasteiger partial charge on any atom is -0.383 e. The maximum atomic E-state index is 9.02. The van der Waals surface area contributed by atoms with Gasteiger partial charge in [-0.25, -0.2) is 0 Å². The highest BCUT2D eigenvalue weighted by molar-refractivity contribution is 4.95. The smallest absolute Gasteiger partial charge is 0.0982 e. The molecule has 3 heteroatoms. The van der Waals surface area contributed by atoms with Gasteiger partial charge in [0.1, 0.15) is 0 Å². The first-order valence-corrected chi connectivity index (χ1v) is 5.50. The van der Waals surface area contributed by atoms with Crippen molar-refractivity contribution < 1.29 is 4.74 Å². The molecule has 0 aromatic carbocycles. The molecule has 0 aromatic heterocycles. The summed E-state index contributed by atoms with van der Waals surface area (Å²) in [6.45, 7) is 1.47. The summed E-state index contributed by atoms with van der Waals surface area (Å²) in [5.74, 6) is 0.561. The number of hydrogen-bond donors (Lipinski definition) is 1. The lowest BCUT2D eigenvalue weighted by atomic mass is 9.84. The van der Waals surface area contributed by atoms with E-state index in [0.29, 0.717) is 12.5 Å². The summed E-state index contributed by atoms with van der Waals surface area (Å²) in [7, 11) is 1.68. The van der Waals surface area contributed by atoms with E-state index in [1.165, 1.54) is 32.1 Å². The van der Waals surface area contributed by atoms with E-state index in [2.05, 4.69) is 11.4 Å². The average Bonchev–Trinajstić information content (AvgIpc) is 2.26. The van der Waals surface area contributed by atoms with Crippen LogP contribution in [0.15, 0.2) is 0 Å². The Labute approximate surface area is 86.4 Å². The Hall–Kier alpha value is -0.590. The third-order valence-corrected chi connectivity index (χ3v) is 2.93. The van der Waals surface area contributed by atoms with Crippen LogP contribution in [0.5, 0.6) is 0 Å². The van der Waals surface area contributed by atoms with Gasteiger partial charge in [0.2, 0.25) is 0 Å². The number of nitrogens with one attached hydrogen (secondary N) is 1. The maximum Gasteiger partial charge on any atom is 0.0982 e. The van der Waals surface area contributed by atoms with E-state index in [0.717, 1.165) is 6.54 Å². The number of hydrogen-bond acceptors (Lipinski definition) is 3. The van der Waals surface area contributed by atoms with Crippen LogP contribution in [0.1, 0.15) is 32.1 Å². The van der Waals surface area contributed by atoms with Crippen LogP contribution in [0, 0.1) is 17.2 Å². The van der Waals surface area contributed by atoms with Gasteiger partial charge in [0.15, 0.2) is 0 Å². The molecule has 1 aliphatic carbocycles. The number of nitriles is 1. The Kier molecular flexibility index (Phi) is 5.58. The SMILES string of the molecule is COCCNC(C#N)C1CCCCC1. The van der Waals surface area contributed by atoms with Gasteiger partial charge in [-0.1, -0.05) is 19.3 Å². The molecule has 0 aliphatic heterocycles. The Morgan fingerprint density at radius 3 is 2.71 bits per heavy atom. The van der Waals surface area contributed by atoms with Gasteiger partial charge in [-0.3, -0.25) is 5.32 Å². The molecule has 1 rings (SSSR count). The van der Waals surface area contributed by atoms with Crippen molar-refractivity contribution in [1.29, 1.82) is 5.26 Å². The molecule has 1 N–H and O–H groups in total. The number of ether oxygens (including phenoxy) is 1. The predicted molar refractivity (Wildman–Crippen MR) is 55.9 cm³/mol. The highest BCUT2D eigenvalue weighted by atomic mass is 16.5. The molecule has 1 fully saturated rings. The first-order valence-electron chi connectivity index (χ1n) is 5.50. The van der Waals surface area contributed by atoms with Crippen LogP contribution in [0.3, 0.4) is 0 Å². The van der Waals surface area contributed by atoms with Gasteiger partial charge in [0.05, 0.1) is 18.7 Å². The molecule has 1 atom stereocenters. The summed E-state index contributed by atoms with van der Waals surface area (Å²) < 4.78 is 4.95. The van der Waals surface area contributed by atoms with Crippen molar-refractivity contribution in [2.75, 3.05) is 20.3 Å². The van der Waals surface area contributed by atoms with E-state index < -0.39 is 0 Å². The van der Waals surface area contributed by atoms with Crippen molar-refractivity contribution in [2.24, 2.45) is 5.92 Å². The fraction of sp³-hybridized carbons (Fsp3) is 0.909. The standard InChI is InChI=1S/C11H20N2O/c1-14-8-7-13-11(9-12)10-5-3-2-4-6-10/h10-11,13H,2-8H2,1H3. The van der Waals surface area contributed by atoms with Gasteiger partial charge in [-0.15, -0.1) is 0 Å². The summed E-state index contributed by atoms with van der Waals surface area (Å²) in [5.41, 5.74) is 0. The maximum absolute atomic E-state index is 9.02. The zero-order valence-electron chi connectivity index (χ0n) is 8.96. The van der Waals surface area contributed by atoms with E-state index in [1.54, 1.807) is 7.11 Å². The van der Waals surface area contributed by atoms with Crippen molar-refractivity contribution in [3.8, 4) is 6.07 Å². The average molecular weight is 196 g/mol. The minimum absolute atomic E-state index is 0.0328. The van der Waals surface area contributed by atoms with Gasteiger partial charge in [0.25, 0.3) is 0 Å². The quantitative estimate of drug-likeness (QED) is 0.681. The Morgan fingerprint density at radius 1 is 1.43 bits per heavy atom. The van der Waals surface area contributed by atoms with E-state index in [4.69, 9.17) is 10.00 Å². The normalized spacial score (nSPS) is 20.3. The highest BCUT2D eigenvalue weighted by Gasteiger charge is 2.22. The highest BCUT2D eigenvalue weighted by Crippen LogP contribution is 2.26. The molecular weight excluding hydrogens is 176 g/mol. The van der Waals surface area contributed by atoms with Crippen LogP contribution >= 0.6 is 0 Å². The van der Waals surface area contributed by atoms with E-state index in [9.17, 15) is 0 Å². The fourth-order valence-electron chi connectivity index (χ4n) is 2.10. The van der Waals surface area contributed by atoms with Gasteiger partial charge >= 0.3 is 0 Å². The molecule has 1 aliphatic rings. The Balaban J connectivity index is 2.25. The summed E-state index contributed by atoms with van der Waals surface area (Å²) in [4.78, 5) is 0. The van der Waals surface area contributed by atoms with Crippen LogP contribution < -0.4 is 5.32 Å². The topological polar surface area (TPSA) is 45.0 Å². The lowest BCUT2D eigenvalue weighted by Crippen LogP contribution is -2.37. The van der Waals surface area contributed by atoms with Crippen molar-refractivity contribution >= 4 is 0 Å². The monoisotopic (exact) mass is 196 g/mol. The summed E-state index contributed by atoms with van der Waals surface area (Å²) in [6, 6.07) is 2.40. The Morgan fingerprint density at radius 2 is 2.14 bits per heavy atom. The molecule has 0 radical (unpaired) electrons. The minimum atomic E-state index is 0.0328. The van der Waals surface area contributed by atoms with Gasteiger partial charge < -0.3 is 4.74 Å². The number of nitrogens with zero attached hydrogens (tertiary/aromatic N) is 1.